The number of hydrogen-bond donors (Lipinski definition) is 1. The summed E-state index contributed by atoms with van der Waals surface area (Å²) in [5, 5.41) is 8.38. The van der Waals surface area contributed by atoms with Crippen LogP contribution in [0.1, 0.15) is 5.56 Å². The Bertz CT molecular complexity index is 1460. The van der Waals surface area contributed by atoms with Gasteiger partial charge in [0.1, 0.15) is 11.6 Å². The second-order valence-corrected chi connectivity index (χ2v) is 10.2. The SMILES string of the molecule is C=S1C[C@H](N)C(=O)N(Cc2ccc(Cl)cc2)c2cc(-c3nnc(-c4ccccc4F)o3)c(F)cc21. The summed E-state index contributed by atoms with van der Waals surface area (Å²) in [7, 11) is -0.733. The van der Waals surface area contributed by atoms with Crippen LogP contribution in [0.25, 0.3) is 22.9 Å². The molecule has 0 fully saturated rings. The summed E-state index contributed by atoms with van der Waals surface area (Å²) in [5.41, 5.74) is 7.53. The smallest absolute Gasteiger partial charge is 0.251 e. The lowest BCUT2D eigenvalue weighted by atomic mass is 10.1. The normalized spacial score (nSPS) is 17.8. The van der Waals surface area contributed by atoms with Gasteiger partial charge in [-0.2, -0.15) is 10.5 Å². The van der Waals surface area contributed by atoms with Gasteiger partial charge in [0.05, 0.1) is 29.4 Å². The molecule has 1 aromatic heterocycles. The van der Waals surface area contributed by atoms with Gasteiger partial charge in [-0.05, 0) is 42.0 Å². The Morgan fingerprint density at radius 3 is 2.46 bits per heavy atom. The predicted molar refractivity (Wildman–Crippen MR) is 134 cm³/mol. The van der Waals surface area contributed by atoms with Gasteiger partial charge in [0.2, 0.25) is 5.91 Å². The van der Waals surface area contributed by atoms with Crippen molar-refractivity contribution in [1.82, 2.24) is 10.2 Å². The molecule has 2 heterocycles. The first-order valence-electron chi connectivity index (χ1n) is 10.6. The number of nitrogens with two attached hydrogens (primary N) is 1. The molecule has 0 saturated heterocycles. The van der Waals surface area contributed by atoms with E-state index in [1.165, 1.54) is 35.2 Å². The lowest BCUT2D eigenvalue weighted by Gasteiger charge is -2.25. The van der Waals surface area contributed by atoms with E-state index in [1.54, 1.807) is 30.3 Å². The van der Waals surface area contributed by atoms with Gasteiger partial charge < -0.3 is 15.1 Å². The van der Waals surface area contributed by atoms with Gasteiger partial charge in [-0.15, -0.1) is 10.2 Å². The lowest BCUT2D eigenvalue weighted by molar-refractivity contribution is -0.119. The third-order valence-corrected chi connectivity index (χ3v) is 7.59. The quantitative estimate of drug-likeness (QED) is 0.376. The monoisotopic (exact) mass is 512 g/mol. The number of rotatable bonds is 4. The molecule has 2 atom stereocenters. The van der Waals surface area contributed by atoms with Crippen molar-refractivity contribution in [1.29, 1.82) is 0 Å². The molecule has 2 N–H and O–H groups in total. The van der Waals surface area contributed by atoms with Crippen LogP contribution in [0.2, 0.25) is 5.02 Å². The Kier molecular flexibility index (Phi) is 6.22. The number of anilines is 1. The number of nitrogens with zero attached hydrogens (tertiary/aromatic N) is 3. The second kappa shape index (κ2) is 9.33. The van der Waals surface area contributed by atoms with Gasteiger partial charge >= 0.3 is 0 Å². The molecule has 0 bridgehead atoms. The van der Waals surface area contributed by atoms with Crippen molar-refractivity contribution in [3.05, 3.63) is 82.9 Å². The highest BCUT2D eigenvalue weighted by molar-refractivity contribution is 8.14. The summed E-state index contributed by atoms with van der Waals surface area (Å²) in [5.74, 6) is 2.72. The maximum Gasteiger partial charge on any atom is 0.251 e. The molecule has 178 valence electrons. The molecule has 10 heteroatoms. The van der Waals surface area contributed by atoms with Gasteiger partial charge in [-0.3, -0.25) is 4.79 Å². The number of carbonyl (C=O) groups is 1. The van der Waals surface area contributed by atoms with E-state index in [2.05, 4.69) is 16.1 Å². The van der Waals surface area contributed by atoms with Crippen molar-refractivity contribution in [2.45, 2.75) is 17.5 Å². The van der Waals surface area contributed by atoms with Crippen LogP contribution >= 0.6 is 22.1 Å². The van der Waals surface area contributed by atoms with E-state index in [0.29, 0.717) is 21.4 Å². The van der Waals surface area contributed by atoms with Crippen molar-refractivity contribution in [3.8, 4) is 22.9 Å². The van der Waals surface area contributed by atoms with Crippen molar-refractivity contribution in [3.63, 3.8) is 0 Å². The Hall–Kier alpha value is -3.40. The Morgan fingerprint density at radius 1 is 1.06 bits per heavy atom. The average molecular weight is 513 g/mol. The highest BCUT2D eigenvalue weighted by Crippen LogP contribution is 2.42. The molecule has 3 aromatic carbocycles. The van der Waals surface area contributed by atoms with Crippen LogP contribution in [0.3, 0.4) is 0 Å². The molecule has 35 heavy (non-hydrogen) atoms. The summed E-state index contributed by atoms with van der Waals surface area (Å²) < 4.78 is 35.1. The van der Waals surface area contributed by atoms with E-state index >= 15 is 4.39 Å². The second-order valence-electron chi connectivity index (χ2n) is 8.01. The molecule has 1 amide bonds. The first-order valence-corrected chi connectivity index (χ1v) is 12.5. The predicted octanol–water partition coefficient (Wildman–Crippen LogP) is 5.27. The van der Waals surface area contributed by atoms with Gasteiger partial charge in [-0.25, -0.2) is 8.78 Å². The number of hydrogen-bond acceptors (Lipinski definition) is 5. The molecule has 0 saturated carbocycles. The minimum absolute atomic E-state index is 0.0137. The molecule has 0 spiro atoms. The molecule has 1 unspecified atom stereocenters. The zero-order valence-electron chi connectivity index (χ0n) is 18.2. The highest BCUT2D eigenvalue weighted by atomic mass is 35.5. The lowest BCUT2D eigenvalue weighted by Crippen LogP contribution is -2.44. The van der Waals surface area contributed by atoms with E-state index in [-0.39, 0.29) is 35.4 Å². The van der Waals surface area contributed by atoms with Crippen LogP contribution < -0.4 is 10.6 Å². The maximum atomic E-state index is 15.3. The summed E-state index contributed by atoms with van der Waals surface area (Å²) in [4.78, 5) is 15.3. The third-order valence-electron chi connectivity index (χ3n) is 5.63. The maximum absolute atomic E-state index is 15.3. The number of amides is 1. The van der Waals surface area contributed by atoms with Crippen LogP contribution in [-0.2, 0) is 11.3 Å². The minimum Gasteiger partial charge on any atom is -0.416 e. The standard InChI is InChI=1S/C25H19ClF2N4O2S/c1-35-13-20(29)25(33)32(12-14-6-8-15(26)9-7-14)21-10-17(19(28)11-22(21)35)24-31-30-23(34-24)16-4-2-3-5-18(16)27/h2-11,20H,1,12-13,29H2/t20-,35?/m0/s1. The molecular formula is C25H19ClF2N4O2S. The van der Waals surface area contributed by atoms with Crippen LogP contribution in [-0.4, -0.2) is 33.8 Å². The van der Waals surface area contributed by atoms with Crippen LogP contribution in [0.15, 0.2) is 70.0 Å². The fraction of sp³-hybridized carbons (Fsp3) is 0.120. The fourth-order valence-electron chi connectivity index (χ4n) is 3.86. The zero-order valence-corrected chi connectivity index (χ0v) is 19.8. The molecule has 5 rings (SSSR count). The molecular weight excluding hydrogens is 494 g/mol. The molecule has 4 aromatic rings. The number of aromatic nitrogens is 2. The first-order chi connectivity index (χ1) is 16.8. The fourth-order valence-corrected chi connectivity index (χ4v) is 5.47. The number of benzene rings is 3. The average Bonchev–Trinajstić information content (AvgIpc) is 3.30. The zero-order chi connectivity index (χ0) is 24.7. The minimum atomic E-state index is -0.793. The Labute approximate surface area is 207 Å². The van der Waals surface area contributed by atoms with E-state index < -0.39 is 28.2 Å². The van der Waals surface area contributed by atoms with Crippen molar-refractivity contribution < 1.29 is 18.0 Å². The summed E-state index contributed by atoms with van der Waals surface area (Å²) in [6, 6.07) is 15.0. The molecule has 1 aliphatic heterocycles. The van der Waals surface area contributed by atoms with Crippen molar-refractivity contribution in [2.75, 3.05) is 10.7 Å². The van der Waals surface area contributed by atoms with Gasteiger partial charge in [0, 0.05) is 15.7 Å². The number of halogens is 3. The highest BCUT2D eigenvalue weighted by Gasteiger charge is 2.31. The summed E-state index contributed by atoms with van der Waals surface area (Å²) in [6.07, 6.45) is 0. The van der Waals surface area contributed by atoms with Crippen LogP contribution in [0.4, 0.5) is 14.5 Å². The Morgan fingerprint density at radius 2 is 1.74 bits per heavy atom. The van der Waals surface area contributed by atoms with Crippen molar-refractivity contribution in [2.24, 2.45) is 5.73 Å². The van der Waals surface area contributed by atoms with Gasteiger partial charge in [0.15, 0.2) is 0 Å². The molecule has 1 aliphatic rings. The number of fused-ring (bicyclic) bond motifs is 1. The van der Waals surface area contributed by atoms with Crippen molar-refractivity contribution >= 4 is 39.5 Å². The largest absolute Gasteiger partial charge is 0.416 e. The summed E-state index contributed by atoms with van der Waals surface area (Å²) in [6.45, 7) is 0.198. The van der Waals surface area contributed by atoms with Gasteiger partial charge in [-0.1, -0.05) is 41.7 Å². The topological polar surface area (TPSA) is 85.3 Å². The first kappa shape index (κ1) is 23.3. The van der Waals surface area contributed by atoms with E-state index in [0.717, 1.165) is 5.56 Å². The Balaban J connectivity index is 1.61. The van der Waals surface area contributed by atoms with E-state index in [9.17, 15) is 9.18 Å². The molecule has 0 radical (unpaired) electrons. The number of carbonyl (C=O) groups excluding carboxylic acids is 1. The summed E-state index contributed by atoms with van der Waals surface area (Å²) >= 11 is 6.00. The van der Waals surface area contributed by atoms with Crippen LogP contribution in [0.5, 0.6) is 0 Å². The van der Waals surface area contributed by atoms with E-state index in [1.807, 2.05) is 0 Å². The van der Waals surface area contributed by atoms with E-state index in [4.69, 9.17) is 21.8 Å². The van der Waals surface area contributed by atoms with Crippen LogP contribution in [0, 0.1) is 11.6 Å². The molecule has 0 aliphatic carbocycles. The third kappa shape index (κ3) is 4.50. The molecule has 6 nitrogen and oxygen atoms in total. The van der Waals surface area contributed by atoms with Gasteiger partial charge in [0.25, 0.3) is 11.8 Å².